The van der Waals surface area contributed by atoms with Gasteiger partial charge in [-0.05, 0) is 18.2 Å². The Kier molecular flexibility index (Phi) is 4.86. The van der Waals surface area contributed by atoms with E-state index in [9.17, 15) is 10.2 Å². The minimum absolute atomic E-state index is 0.0230. The number of rotatable bonds is 4. The third-order valence-corrected chi connectivity index (χ3v) is 3.08. The second-order valence-electron chi connectivity index (χ2n) is 3.05. The summed E-state index contributed by atoms with van der Waals surface area (Å²) in [4.78, 5) is 0. The van der Waals surface area contributed by atoms with E-state index in [2.05, 4.69) is 15.9 Å². The first-order valence-corrected chi connectivity index (χ1v) is 5.68. The summed E-state index contributed by atoms with van der Waals surface area (Å²) in [5.74, 6) is 0.596. The van der Waals surface area contributed by atoms with Gasteiger partial charge < -0.3 is 14.9 Å². The molecule has 5 heteroatoms. The van der Waals surface area contributed by atoms with Gasteiger partial charge in [-0.25, -0.2) is 0 Å². The van der Waals surface area contributed by atoms with E-state index in [-0.39, 0.29) is 5.88 Å². The zero-order chi connectivity index (χ0) is 11.4. The summed E-state index contributed by atoms with van der Waals surface area (Å²) in [5.41, 5.74) is 0.558. The van der Waals surface area contributed by atoms with Gasteiger partial charge in [0.2, 0.25) is 0 Å². The Morgan fingerprint density at radius 3 is 2.67 bits per heavy atom. The number of hydrogen-bond donors (Lipinski definition) is 2. The summed E-state index contributed by atoms with van der Waals surface area (Å²) < 4.78 is 5.74. The van der Waals surface area contributed by atoms with Crippen molar-refractivity contribution in [3.63, 3.8) is 0 Å². The van der Waals surface area contributed by atoms with Crippen molar-refractivity contribution in [3.05, 3.63) is 28.2 Å². The van der Waals surface area contributed by atoms with Gasteiger partial charge in [-0.15, -0.1) is 11.6 Å². The highest BCUT2D eigenvalue weighted by Gasteiger charge is 2.20. The number of benzene rings is 1. The lowest BCUT2D eigenvalue weighted by Crippen LogP contribution is -2.20. The molecule has 1 rings (SSSR count). The molecule has 1 aromatic rings. The Morgan fingerprint density at radius 2 is 2.13 bits per heavy atom. The summed E-state index contributed by atoms with van der Waals surface area (Å²) >= 11 is 8.75. The Labute approximate surface area is 102 Å². The maximum Gasteiger partial charge on any atom is 0.119 e. The zero-order valence-electron chi connectivity index (χ0n) is 8.15. The van der Waals surface area contributed by atoms with Crippen molar-refractivity contribution in [2.24, 2.45) is 0 Å². The first kappa shape index (κ1) is 12.8. The lowest BCUT2D eigenvalue weighted by atomic mass is 10.1. The highest BCUT2D eigenvalue weighted by atomic mass is 79.9. The Balaban J connectivity index is 3.01. The molecule has 0 amide bonds. The lowest BCUT2D eigenvalue weighted by molar-refractivity contribution is 0.0321. The van der Waals surface area contributed by atoms with Crippen molar-refractivity contribution < 1.29 is 14.9 Å². The van der Waals surface area contributed by atoms with Crippen molar-refractivity contribution in [3.8, 4) is 5.75 Å². The van der Waals surface area contributed by atoms with E-state index in [4.69, 9.17) is 16.3 Å². The molecule has 2 N–H and O–H groups in total. The number of alkyl halides is 1. The van der Waals surface area contributed by atoms with Gasteiger partial charge in [-0.2, -0.15) is 0 Å². The van der Waals surface area contributed by atoms with Gasteiger partial charge in [-0.3, -0.25) is 0 Å². The SMILES string of the molecule is COc1ccc(Br)c(C(O)C(O)CCl)c1. The van der Waals surface area contributed by atoms with Crippen molar-refractivity contribution >= 4 is 27.5 Å². The van der Waals surface area contributed by atoms with E-state index in [0.29, 0.717) is 15.8 Å². The maximum absolute atomic E-state index is 9.77. The molecule has 0 aliphatic carbocycles. The monoisotopic (exact) mass is 294 g/mol. The number of halogens is 2. The first-order valence-electron chi connectivity index (χ1n) is 4.35. The molecule has 84 valence electrons. The predicted octanol–water partition coefficient (Wildman–Crippen LogP) is 2.09. The summed E-state index contributed by atoms with van der Waals surface area (Å²) in [7, 11) is 1.54. The molecule has 0 spiro atoms. The van der Waals surface area contributed by atoms with Crippen LogP contribution in [0.1, 0.15) is 11.7 Å². The van der Waals surface area contributed by atoms with Crippen LogP contribution in [0.3, 0.4) is 0 Å². The van der Waals surface area contributed by atoms with Crippen LogP contribution < -0.4 is 4.74 Å². The van der Waals surface area contributed by atoms with Crippen LogP contribution in [0.25, 0.3) is 0 Å². The summed E-state index contributed by atoms with van der Waals surface area (Å²) in [6.07, 6.45) is -2.01. The molecule has 0 saturated heterocycles. The van der Waals surface area contributed by atoms with Gasteiger partial charge in [0.25, 0.3) is 0 Å². The Hall–Kier alpha value is -0.290. The number of aliphatic hydroxyl groups excluding tert-OH is 2. The van der Waals surface area contributed by atoms with Crippen LogP contribution in [0, 0.1) is 0 Å². The molecular formula is C10H12BrClO3. The normalized spacial score (nSPS) is 14.7. The fraction of sp³-hybridized carbons (Fsp3) is 0.400. The third-order valence-electron chi connectivity index (χ3n) is 2.04. The molecule has 0 aliphatic heterocycles. The Morgan fingerprint density at radius 1 is 1.47 bits per heavy atom. The quantitative estimate of drug-likeness (QED) is 0.836. The average molecular weight is 296 g/mol. The molecule has 0 saturated carbocycles. The van der Waals surface area contributed by atoms with Crippen LogP contribution in [0.15, 0.2) is 22.7 Å². The molecular weight excluding hydrogens is 283 g/mol. The second-order valence-corrected chi connectivity index (χ2v) is 4.22. The Bertz CT molecular complexity index is 332. The molecule has 0 radical (unpaired) electrons. The standard InChI is InChI=1S/C10H12BrClO3/c1-15-6-2-3-8(11)7(4-6)10(14)9(13)5-12/h2-4,9-10,13-14H,5H2,1H3. The molecule has 0 aromatic heterocycles. The van der Waals surface area contributed by atoms with Gasteiger partial charge in [0.15, 0.2) is 0 Å². The highest BCUT2D eigenvalue weighted by Crippen LogP contribution is 2.29. The van der Waals surface area contributed by atoms with Gasteiger partial charge in [0.05, 0.1) is 19.1 Å². The largest absolute Gasteiger partial charge is 0.497 e. The van der Waals surface area contributed by atoms with Gasteiger partial charge in [0, 0.05) is 10.0 Å². The van der Waals surface area contributed by atoms with Crippen LogP contribution in [-0.2, 0) is 0 Å². The van der Waals surface area contributed by atoms with Crippen molar-refractivity contribution in [1.29, 1.82) is 0 Å². The summed E-state index contributed by atoms with van der Waals surface area (Å²) in [6.45, 7) is 0. The zero-order valence-corrected chi connectivity index (χ0v) is 10.5. The van der Waals surface area contributed by atoms with Crippen molar-refractivity contribution in [2.75, 3.05) is 13.0 Å². The van der Waals surface area contributed by atoms with E-state index in [1.807, 2.05) is 0 Å². The van der Waals surface area contributed by atoms with Gasteiger partial charge in [0.1, 0.15) is 11.9 Å². The first-order chi connectivity index (χ1) is 7.10. The number of aliphatic hydroxyl groups is 2. The topological polar surface area (TPSA) is 49.7 Å². The van der Waals surface area contributed by atoms with Crippen LogP contribution in [0.2, 0.25) is 0 Å². The second kappa shape index (κ2) is 5.70. The van der Waals surface area contributed by atoms with Gasteiger partial charge in [-0.1, -0.05) is 15.9 Å². The highest BCUT2D eigenvalue weighted by molar-refractivity contribution is 9.10. The molecule has 2 atom stereocenters. The van der Waals surface area contributed by atoms with Crippen molar-refractivity contribution in [2.45, 2.75) is 12.2 Å². The minimum Gasteiger partial charge on any atom is -0.497 e. The molecule has 2 unspecified atom stereocenters. The van der Waals surface area contributed by atoms with E-state index < -0.39 is 12.2 Å². The number of hydrogen-bond acceptors (Lipinski definition) is 3. The summed E-state index contributed by atoms with van der Waals surface area (Å²) in [6, 6.07) is 5.16. The molecule has 3 nitrogen and oxygen atoms in total. The van der Waals surface area contributed by atoms with Crippen molar-refractivity contribution in [1.82, 2.24) is 0 Å². The van der Waals surface area contributed by atoms with Crippen LogP contribution in [-0.4, -0.2) is 29.3 Å². The van der Waals surface area contributed by atoms with E-state index >= 15 is 0 Å². The van der Waals surface area contributed by atoms with Crippen LogP contribution in [0.4, 0.5) is 0 Å². The van der Waals surface area contributed by atoms with E-state index in [1.165, 1.54) is 7.11 Å². The minimum atomic E-state index is -1.02. The smallest absolute Gasteiger partial charge is 0.119 e. The summed E-state index contributed by atoms with van der Waals surface area (Å²) in [5, 5.41) is 19.2. The fourth-order valence-corrected chi connectivity index (χ4v) is 1.82. The molecule has 0 heterocycles. The fourth-order valence-electron chi connectivity index (χ4n) is 1.17. The number of methoxy groups -OCH3 is 1. The molecule has 15 heavy (non-hydrogen) atoms. The van der Waals surface area contributed by atoms with E-state index in [1.54, 1.807) is 18.2 Å². The van der Waals surface area contributed by atoms with Crippen LogP contribution >= 0.6 is 27.5 Å². The molecule has 0 fully saturated rings. The molecule has 0 bridgehead atoms. The predicted molar refractivity (Wildman–Crippen MR) is 62.4 cm³/mol. The number of ether oxygens (including phenoxy) is 1. The molecule has 0 aliphatic rings. The third kappa shape index (κ3) is 3.08. The maximum atomic E-state index is 9.77. The average Bonchev–Trinajstić information content (AvgIpc) is 2.27. The van der Waals surface area contributed by atoms with Crippen LogP contribution in [0.5, 0.6) is 5.75 Å². The van der Waals surface area contributed by atoms with Gasteiger partial charge >= 0.3 is 0 Å². The van der Waals surface area contributed by atoms with E-state index in [0.717, 1.165) is 0 Å². The molecule has 1 aromatic carbocycles. The lowest BCUT2D eigenvalue weighted by Gasteiger charge is -2.17.